The molecule has 2 aromatic rings. The molecule has 3 N–H and O–H groups in total. The standard InChI is InChI=1S/C17H20ClNO2/c1-11-5-3-4-6-13(11)15(10-19)17(20)14-9-12(18)7-8-16(14)21-2/h3-9,15,17,20H,10,19H2,1-2H3. The fourth-order valence-corrected chi connectivity index (χ4v) is 2.76. The zero-order valence-corrected chi connectivity index (χ0v) is 13.0. The van der Waals surface area contributed by atoms with E-state index in [1.165, 1.54) is 0 Å². The van der Waals surface area contributed by atoms with Crippen LogP contribution in [0.1, 0.15) is 28.7 Å². The monoisotopic (exact) mass is 305 g/mol. The smallest absolute Gasteiger partial charge is 0.124 e. The van der Waals surface area contributed by atoms with Crippen LogP contribution in [-0.4, -0.2) is 18.8 Å². The van der Waals surface area contributed by atoms with Crippen LogP contribution in [-0.2, 0) is 0 Å². The Morgan fingerprint density at radius 3 is 2.52 bits per heavy atom. The first-order valence-electron chi connectivity index (χ1n) is 6.85. The maximum Gasteiger partial charge on any atom is 0.124 e. The molecule has 0 radical (unpaired) electrons. The summed E-state index contributed by atoms with van der Waals surface area (Å²) in [5.41, 5.74) is 8.71. The van der Waals surface area contributed by atoms with Gasteiger partial charge in [0.2, 0.25) is 0 Å². The largest absolute Gasteiger partial charge is 0.496 e. The van der Waals surface area contributed by atoms with E-state index in [0.717, 1.165) is 11.1 Å². The quantitative estimate of drug-likeness (QED) is 0.890. The van der Waals surface area contributed by atoms with Crippen LogP contribution >= 0.6 is 11.6 Å². The average Bonchev–Trinajstić information content (AvgIpc) is 2.49. The number of aliphatic hydroxyl groups excluding tert-OH is 1. The molecular formula is C17H20ClNO2. The van der Waals surface area contributed by atoms with Crippen LogP contribution in [0.4, 0.5) is 0 Å². The number of hydrogen-bond donors (Lipinski definition) is 2. The molecule has 112 valence electrons. The van der Waals surface area contributed by atoms with E-state index >= 15 is 0 Å². The number of benzene rings is 2. The van der Waals surface area contributed by atoms with Crippen LogP contribution in [0.25, 0.3) is 0 Å². The molecule has 0 bridgehead atoms. The maximum absolute atomic E-state index is 10.8. The van der Waals surface area contributed by atoms with Crippen molar-refractivity contribution in [3.63, 3.8) is 0 Å². The first-order valence-corrected chi connectivity index (χ1v) is 7.23. The van der Waals surface area contributed by atoms with Crippen LogP contribution in [0.2, 0.25) is 5.02 Å². The van der Waals surface area contributed by atoms with E-state index in [0.29, 0.717) is 22.9 Å². The number of aryl methyl sites for hydroxylation is 1. The minimum atomic E-state index is -0.773. The van der Waals surface area contributed by atoms with E-state index in [4.69, 9.17) is 22.1 Å². The number of methoxy groups -OCH3 is 1. The molecule has 0 aliphatic heterocycles. The lowest BCUT2D eigenvalue weighted by atomic mass is 9.86. The molecule has 3 nitrogen and oxygen atoms in total. The van der Waals surface area contributed by atoms with Crippen molar-refractivity contribution in [2.75, 3.05) is 13.7 Å². The summed E-state index contributed by atoms with van der Waals surface area (Å²) in [5.74, 6) is 0.400. The molecular weight excluding hydrogens is 286 g/mol. The Balaban J connectivity index is 2.44. The Bertz CT molecular complexity index is 615. The molecule has 2 unspecified atom stereocenters. The average molecular weight is 306 g/mol. The predicted molar refractivity (Wildman–Crippen MR) is 85.9 cm³/mol. The van der Waals surface area contributed by atoms with E-state index in [2.05, 4.69) is 0 Å². The van der Waals surface area contributed by atoms with Gasteiger partial charge < -0.3 is 15.6 Å². The molecule has 0 aliphatic rings. The molecule has 0 aliphatic carbocycles. The third-order valence-electron chi connectivity index (χ3n) is 3.73. The number of nitrogens with two attached hydrogens (primary N) is 1. The summed E-state index contributed by atoms with van der Waals surface area (Å²) in [5, 5.41) is 11.3. The fraction of sp³-hybridized carbons (Fsp3) is 0.294. The SMILES string of the molecule is COc1ccc(Cl)cc1C(O)C(CN)c1ccccc1C. The van der Waals surface area contributed by atoms with Crippen molar-refractivity contribution in [2.24, 2.45) is 5.73 Å². The second-order valence-electron chi connectivity index (χ2n) is 5.03. The molecule has 2 rings (SSSR count). The first-order chi connectivity index (χ1) is 10.1. The van der Waals surface area contributed by atoms with Crippen molar-refractivity contribution in [3.8, 4) is 5.75 Å². The molecule has 0 spiro atoms. The van der Waals surface area contributed by atoms with Crippen LogP contribution in [0.3, 0.4) is 0 Å². The highest BCUT2D eigenvalue weighted by molar-refractivity contribution is 6.30. The number of ether oxygens (including phenoxy) is 1. The fourth-order valence-electron chi connectivity index (χ4n) is 2.58. The summed E-state index contributed by atoms with van der Waals surface area (Å²) >= 11 is 6.05. The lowest BCUT2D eigenvalue weighted by molar-refractivity contribution is 0.143. The van der Waals surface area contributed by atoms with Gasteiger partial charge in [-0.05, 0) is 36.2 Å². The first kappa shape index (κ1) is 15.8. The molecule has 0 saturated heterocycles. The van der Waals surface area contributed by atoms with Crippen molar-refractivity contribution >= 4 is 11.6 Å². The summed E-state index contributed by atoms with van der Waals surface area (Å²) in [6.07, 6.45) is -0.773. The van der Waals surface area contributed by atoms with Crippen molar-refractivity contribution in [1.29, 1.82) is 0 Å². The summed E-state index contributed by atoms with van der Waals surface area (Å²) in [6.45, 7) is 2.35. The zero-order valence-electron chi connectivity index (χ0n) is 12.2. The molecule has 0 saturated carbocycles. The van der Waals surface area contributed by atoms with Gasteiger partial charge in [0, 0.05) is 23.0 Å². The van der Waals surface area contributed by atoms with Crippen molar-refractivity contribution in [3.05, 3.63) is 64.2 Å². The van der Waals surface area contributed by atoms with E-state index in [9.17, 15) is 5.11 Å². The number of hydrogen-bond acceptors (Lipinski definition) is 3. The van der Waals surface area contributed by atoms with Gasteiger partial charge in [-0.3, -0.25) is 0 Å². The second-order valence-corrected chi connectivity index (χ2v) is 5.47. The van der Waals surface area contributed by atoms with Crippen molar-refractivity contribution in [2.45, 2.75) is 18.9 Å². The molecule has 0 amide bonds. The van der Waals surface area contributed by atoms with Crippen LogP contribution in [0.15, 0.2) is 42.5 Å². The van der Waals surface area contributed by atoms with Crippen LogP contribution in [0, 0.1) is 6.92 Å². The van der Waals surface area contributed by atoms with Gasteiger partial charge in [-0.2, -0.15) is 0 Å². The van der Waals surface area contributed by atoms with Gasteiger partial charge >= 0.3 is 0 Å². The third kappa shape index (κ3) is 3.38. The molecule has 0 aromatic heterocycles. The number of rotatable bonds is 5. The van der Waals surface area contributed by atoms with Crippen LogP contribution < -0.4 is 10.5 Å². The molecule has 4 heteroatoms. The molecule has 0 fully saturated rings. The van der Waals surface area contributed by atoms with Gasteiger partial charge in [0.15, 0.2) is 0 Å². The zero-order chi connectivity index (χ0) is 15.4. The van der Waals surface area contributed by atoms with Gasteiger partial charge in [0.1, 0.15) is 5.75 Å². The van der Waals surface area contributed by atoms with Crippen molar-refractivity contribution < 1.29 is 9.84 Å². The molecule has 21 heavy (non-hydrogen) atoms. The predicted octanol–water partition coefficient (Wildman–Crippen LogP) is 3.43. The van der Waals surface area contributed by atoms with Gasteiger partial charge in [-0.1, -0.05) is 35.9 Å². The van der Waals surface area contributed by atoms with E-state index in [1.807, 2.05) is 31.2 Å². The Morgan fingerprint density at radius 2 is 1.90 bits per heavy atom. The molecule has 0 heterocycles. The van der Waals surface area contributed by atoms with Gasteiger partial charge in [-0.25, -0.2) is 0 Å². The lowest BCUT2D eigenvalue weighted by Crippen LogP contribution is -2.21. The Morgan fingerprint density at radius 1 is 1.19 bits per heavy atom. The van der Waals surface area contributed by atoms with Crippen LogP contribution in [0.5, 0.6) is 5.75 Å². The second kappa shape index (κ2) is 6.94. The lowest BCUT2D eigenvalue weighted by Gasteiger charge is -2.25. The highest BCUT2D eigenvalue weighted by atomic mass is 35.5. The summed E-state index contributed by atoms with van der Waals surface area (Å²) in [7, 11) is 1.57. The minimum absolute atomic E-state index is 0.210. The summed E-state index contributed by atoms with van der Waals surface area (Å²) in [4.78, 5) is 0. The topological polar surface area (TPSA) is 55.5 Å². The van der Waals surface area contributed by atoms with Crippen molar-refractivity contribution in [1.82, 2.24) is 0 Å². The van der Waals surface area contributed by atoms with E-state index in [-0.39, 0.29) is 5.92 Å². The van der Waals surface area contributed by atoms with Gasteiger partial charge in [0.25, 0.3) is 0 Å². The third-order valence-corrected chi connectivity index (χ3v) is 3.97. The number of aliphatic hydroxyl groups is 1. The normalized spacial score (nSPS) is 13.8. The molecule has 2 atom stereocenters. The maximum atomic E-state index is 10.8. The summed E-state index contributed by atoms with van der Waals surface area (Å²) in [6, 6.07) is 13.2. The Kier molecular flexibility index (Phi) is 5.23. The Labute approximate surface area is 130 Å². The minimum Gasteiger partial charge on any atom is -0.496 e. The van der Waals surface area contributed by atoms with E-state index < -0.39 is 6.10 Å². The highest BCUT2D eigenvalue weighted by Crippen LogP contribution is 2.37. The summed E-state index contributed by atoms with van der Waals surface area (Å²) < 4.78 is 5.32. The van der Waals surface area contributed by atoms with Gasteiger partial charge in [-0.15, -0.1) is 0 Å². The van der Waals surface area contributed by atoms with Gasteiger partial charge in [0.05, 0.1) is 13.2 Å². The Hall–Kier alpha value is -1.55. The molecule has 2 aromatic carbocycles. The van der Waals surface area contributed by atoms with E-state index in [1.54, 1.807) is 25.3 Å². The number of halogens is 1. The highest BCUT2D eigenvalue weighted by Gasteiger charge is 2.25.